The first-order valence-corrected chi connectivity index (χ1v) is 9.13. The molecule has 0 unspecified atom stereocenters. The van der Waals surface area contributed by atoms with E-state index in [1.165, 1.54) is 7.05 Å². The van der Waals surface area contributed by atoms with Gasteiger partial charge < -0.3 is 19.8 Å². The Hall–Kier alpha value is -3.61. The number of ether oxygens (including phenoxy) is 1. The van der Waals surface area contributed by atoms with Gasteiger partial charge in [0.05, 0.1) is 12.7 Å². The van der Waals surface area contributed by atoms with Crippen LogP contribution in [0.2, 0.25) is 0 Å². The third kappa shape index (κ3) is 4.63. The van der Waals surface area contributed by atoms with Crippen LogP contribution in [0, 0.1) is 13.8 Å². The summed E-state index contributed by atoms with van der Waals surface area (Å²) in [5, 5.41) is 5.98. The van der Waals surface area contributed by atoms with Crippen LogP contribution in [0.3, 0.4) is 0 Å². The van der Waals surface area contributed by atoms with Gasteiger partial charge in [-0.3, -0.25) is 14.4 Å². The van der Waals surface area contributed by atoms with E-state index in [0.717, 1.165) is 22.1 Å². The van der Waals surface area contributed by atoms with Crippen molar-refractivity contribution in [3.63, 3.8) is 0 Å². The van der Waals surface area contributed by atoms with Crippen molar-refractivity contribution < 1.29 is 23.5 Å². The molecule has 3 rings (SSSR count). The van der Waals surface area contributed by atoms with E-state index in [9.17, 15) is 14.4 Å². The highest BCUT2D eigenvalue weighted by Gasteiger charge is 2.15. The Morgan fingerprint density at radius 3 is 2.66 bits per heavy atom. The predicted octanol–water partition coefficient (Wildman–Crippen LogP) is 3.13. The lowest BCUT2D eigenvalue weighted by atomic mass is 10.0. The molecule has 2 aromatic carbocycles. The van der Waals surface area contributed by atoms with E-state index in [2.05, 4.69) is 10.6 Å². The highest BCUT2D eigenvalue weighted by molar-refractivity contribution is 5.97. The number of esters is 1. The Bertz CT molecular complexity index is 1080. The van der Waals surface area contributed by atoms with Crippen LogP contribution in [0.1, 0.15) is 27.0 Å². The molecule has 3 aromatic rings. The summed E-state index contributed by atoms with van der Waals surface area (Å²) in [6.45, 7) is 3.54. The minimum Gasteiger partial charge on any atom is -0.464 e. The van der Waals surface area contributed by atoms with E-state index in [1.807, 2.05) is 26.0 Å². The second-order valence-electron chi connectivity index (χ2n) is 6.69. The number of aryl methyl sites for hydroxylation is 2. The molecule has 1 aromatic heterocycles. The number of carbonyl (C=O) groups excluding carboxylic acids is 3. The quantitative estimate of drug-likeness (QED) is 0.626. The molecule has 0 bridgehead atoms. The smallest absolute Gasteiger partial charge is 0.310 e. The number of fused-ring (bicyclic) bond motifs is 1. The van der Waals surface area contributed by atoms with Crippen LogP contribution in [0.15, 0.2) is 47.1 Å². The summed E-state index contributed by atoms with van der Waals surface area (Å²) >= 11 is 0. The molecule has 2 N–H and O–H groups in total. The standard InChI is InChI=1S/C22H22N2O5/c1-13-7-8-18-16(11-29-21(18)14(13)2)10-20(26)28-12-19(25)24-17-6-4-5-15(9-17)22(27)23-3/h4-9,11H,10,12H2,1-3H3,(H,23,27)(H,24,25). The second kappa shape index (κ2) is 8.60. The van der Waals surface area contributed by atoms with Crippen LogP contribution in [0.4, 0.5) is 5.69 Å². The van der Waals surface area contributed by atoms with Crippen molar-refractivity contribution >= 4 is 34.4 Å². The summed E-state index contributed by atoms with van der Waals surface area (Å²) in [7, 11) is 1.53. The van der Waals surface area contributed by atoms with Crippen LogP contribution < -0.4 is 10.6 Å². The molecule has 0 aliphatic heterocycles. The molecule has 0 spiro atoms. The van der Waals surface area contributed by atoms with Gasteiger partial charge in [0.1, 0.15) is 5.58 Å². The first-order chi connectivity index (χ1) is 13.9. The Morgan fingerprint density at radius 2 is 1.90 bits per heavy atom. The van der Waals surface area contributed by atoms with Gasteiger partial charge in [0.2, 0.25) is 0 Å². The third-order valence-corrected chi connectivity index (χ3v) is 4.68. The zero-order chi connectivity index (χ0) is 21.0. The number of nitrogens with one attached hydrogen (secondary N) is 2. The van der Waals surface area contributed by atoms with Crippen molar-refractivity contribution in [1.29, 1.82) is 0 Å². The van der Waals surface area contributed by atoms with E-state index in [-0.39, 0.29) is 12.3 Å². The van der Waals surface area contributed by atoms with Crippen LogP contribution in [0.25, 0.3) is 11.0 Å². The molecule has 0 saturated carbocycles. The van der Waals surface area contributed by atoms with Crippen LogP contribution in [-0.4, -0.2) is 31.4 Å². The molecule has 0 atom stereocenters. The van der Waals surface area contributed by atoms with Crippen molar-refractivity contribution in [2.75, 3.05) is 19.0 Å². The number of hydrogen-bond donors (Lipinski definition) is 2. The van der Waals surface area contributed by atoms with Crippen molar-refractivity contribution in [3.8, 4) is 0 Å². The Balaban J connectivity index is 1.56. The van der Waals surface area contributed by atoms with E-state index in [4.69, 9.17) is 9.15 Å². The molecule has 0 saturated heterocycles. The SMILES string of the molecule is CNC(=O)c1cccc(NC(=O)COC(=O)Cc2coc3c(C)c(C)ccc23)c1. The minimum atomic E-state index is -0.528. The van der Waals surface area contributed by atoms with Gasteiger partial charge in [0, 0.05) is 29.2 Å². The predicted molar refractivity (Wildman–Crippen MR) is 109 cm³/mol. The number of anilines is 1. The number of hydrogen-bond acceptors (Lipinski definition) is 5. The molecule has 0 radical (unpaired) electrons. The lowest BCUT2D eigenvalue weighted by molar-refractivity contribution is -0.146. The van der Waals surface area contributed by atoms with Crippen LogP contribution in [-0.2, 0) is 20.7 Å². The molecule has 0 fully saturated rings. The van der Waals surface area contributed by atoms with Gasteiger partial charge >= 0.3 is 5.97 Å². The van der Waals surface area contributed by atoms with Gasteiger partial charge in [-0.25, -0.2) is 0 Å². The molecule has 7 heteroatoms. The highest BCUT2D eigenvalue weighted by atomic mass is 16.5. The topological polar surface area (TPSA) is 97.6 Å². The van der Waals surface area contributed by atoms with Crippen molar-refractivity contribution in [2.45, 2.75) is 20.3 Å². The van der Waals surface area contributed by atoms with E-state index >= 15 is 0 Å². The first-order valence-electron chi connectivity index (χ1n) is 9.13. The van der Waals surface area contributed by atoms with Gasteiger partial charge in [0.15, 0.2) is 6.61 Å². The Kier molecular flexibility index (Phi) is 5.97. The fourth-order valence-electron chi connectivity index (χ4n) is 2.96. The first kappa shape index (κ1) is 20.1. The molecule has 29 heavy (non-hydrogen) atoms. The highest BCUT2D eigenvalue weighted by Crippen LogP contribution is 2.26. The van der Waals surface area contributed by atoms with Crippen molar-refractivity contribution in [1.82, 2.24) is 5.32 Å². The van der Waals surface area contributed by atoms with E-state index in [1.54, 1.807) is 30.5 Å². The van der Waals surface area contributed by atoms with Gasteiger partial charge in [0.25, 0.3) is 11.8 Å². The zero-order valence-corrected chi connectivity index (χ0v) is 16.5. The lowest BCUT2D eigenvalue weighted by Gasteiger charge is -2.08. The monoisotopic (exact) mass is 394 g/mol. The summed E-state index contributed by atoms with van der Waals surface area (Å²) in [6, 6.07) is 10.4. The Morgan fingerprint density at radius 1 is 1.10 bits per heavy atom. The molecule has 150 valence electrons. The maximum absolute atomic E-state index is 12.1. The van der Waals surface area contributed by atoms with Gasteiger partial charge in [-0.2, -0.15) is 0 Å². The van der Waals surface area contributed by atoms with E-state index < -0.39 is 18.5 Å². The van der Waals surface area contributed by atoms with E-state index in [0.29, 0.717) is 16.8 Å². The van der Waals surface area contributed by atoms with Gasteiger partial charge in [-0.15, -0.1) is 0 Å². The normalized spacial score (nSPS) is 10.6. The van der Waals surface area contributed by atoms with Gasteiger partial charge in [-0.05, 0) is 43.2 Å². The minimum absolute atomic E-state index is 0.00887. The van der Waals surface area contributed by atoms with Crippen LogP contribution >= 0.6 is 0 Å². The largest absolute Gasteiger partial charge is 0.464 e. The molecule has 7 nitrogen and oxygen atoms in total. The number of benzene rings is 2. The average Bonchev–Trinajstić information content (AvgIpc) is 3.12. The summed E-state index contributed by atoms with van der Waals surface area (Å²) in [5.74, 6) is -1.28. The number of amides is 2. The molecule has 2 amide bonds. The second-order valence-corrected chi connectivity index (χ2v) is 6.69. The molecular formula is C22H22N2O5. The summed E-state index contributed by atoms with van der Waals surface area (Å²) in [5.41, 5.74) is 4.46. The summed E-state index contributed by atoms with van der Waals surface area (Å²) in [6.07, 6.45) is 1.55. The third-order valence-electron chi connectivity index (χ3n) is 4.68. The summed E-state index contributed by atoms with van der Waals surface area (Å²) < 4.78 is 10.7. The zero-order valence-electron chi connectivity index (χ0n) is 16.5. The van der Waals surface area contributed by atoms with Crippen molar-refractivity contribution in [2.24, 2.45) is 0 Å². The Labute approximate surface area is 168 Å². The van der Waals surface area contributed by atoms with Crippen LogP contribution in [0.5, 0.6) is 0 Å². The molecular weight excluding hydrogens is 372 g/mol. The number of carbonyl (C=O) groups is 3. The summed E-state index contributed by atoms with van der Waals surface area (Å²) in [4.78, 5) is 35.9. The maximum atomic E-state index is 12.1. The average molecular weight is 394 g/mol. The lowest BCUT2D eigenvalue weighted by Crippen LogP contribution is -2.22. The molecule has 1 heterocycles. The van der Waals surface area contributed by atoms with Gasteiger partial charge in [-0.1, -0.05) is 18.2 Å². The maximum Gasteiger partial charge on any atom is 0.310 e. The molecule has 0 aliphatic carbocycles. The number of rotatable bonds is 6. The fourth-order valence-corrected chi connectivity index (χ4v) is 2.96. The fraction of sp³-hybridized carbons (Fsp3) is 0.227. The number of furan rings is 1. The molecule has 0 aliphatic rings. The van der Waals surface area contributed by atoms with Crippen molar-refractivity contribution in [3.05, 3.63) is 64.9 Å².